The van der Waals surface area contributed by atoms with Crippen LogP contribution in [-0.2, 0) is 18.4 Å². The van der Waals surface area contributed by atoms with E-state index in [1.807, 2.05) is 0 Å². The number of esters is 1. The Balaban J connectivity index is 3.12. The molecule has 0 aromatic carbocycles. The van der Waals surface area contributed by atoms with Crippen LogP contribution in [0.15, 0.2) is 23.8 Å². The topological polar surface area (TPSA) is 65.0 Å². The smallest absolute Gasteiger partial charge is 0.306 e. The molecule has 0 spiro atoms. The van der Waals surface area contributed by atoms with E-state index in [1.54, 1.807) is 0 Å². The van der Waals surface area contributed by atoms with Gasteiger partial charge in [0.2, 0.25) is 0 Å². The Hall–Kier alpha value is -0.736. The van der Waals surface area contributed by atoms with Crippen LogP contribution >= 0.6 is 0 Å². The van der Waals surface area contributed by atoms with Crippen molar-refractivity contribution in [3.05, 3.63) is 23.8 Å². The second kappa shape index (κ2) is 16.7. The number of aliphatic hydroxyl groups is 1. The number of rotatable bonds is 11. The van der Waals surface area contributed by atoms with E-state index in [4.69, 9.17) is 13.6 Å². The molecule has 0 aliphatic carbocycles. The number of cyclic esters (lactones) is 1. The summed E-state index contributed by atoms with van der Waals surface area (Å²) in [7, 11) is -3.89. The van der Waals surface area contributed by atoms with Gasteiger partial charge in [0.15, 0.2) is 16.6 Å². The van der Waals surface area contributed by atoms with Gasteiger partial charge in [0.1, 0.15) is 6.10 Å². The molecule has 43 heavy (non-hydrogen) atoms. The lowest BCUT2D eigenvalue weighted by Crippen LogP contribution is -2.48. The molecule has 0 bridgehead atoms. The summed E-state index contributed by atoms with van der Waals surface area (Å²) in [6, 6.07) is 0. The fourth-order valence-corrected chi connectivity index (χ4v) is 8.18. The molecule has 7 heteroatoms. The zero-order valence-electron chi connectivity index (χ0n) is 30.8. The zero-order chi connectivity index (χ0) is 33.4. The summed E-state index contributed by atoms with van der Waals surface area (Å²) >= 11 is 0. The third-order valence-electron chi connectivity index (χ3n) is 10.4. The molecule has 252 valence electrons. The second-order valence-electron chi connectivity index (χ2n) is 16.8. The maximum atomic E-state index is 12.7. The lowest BCUT2D eigenvalue weighted by Gasteiger charge is -2.43. The van der Waals surface area contributed by atoms with Gasteiger partial charge < -0.3 is 18.7 Å². The van der Waals surface area contributed by atoms with E-state index in [1.165, 1.54) is 5.57 Å². The highest BCUT2D eigenvalue weighted by atomic mass is 28.4. The van der Waals surface area contributed by atoms with Gasteiger partial charge in [0.05, 0.1) is 12.2 Å². The zero-order valence-corrected chi connectivity index (χ0v) is 32.8. The summed E-state index contributed by atoms with van der Waals surface area (Å²) in [5.74, 6) is 0.479. The fraction of sp³-hybridized carbons (Fsp3) is 0.861. The molecule has 0 saturated heterocycles. The summed E-state index contributed by atoms with van der Waals surface area (Å²) in [5, 5.41) is 10.6. The van der Waals surface area contributed by atoms with E-state index in [9.17, 15) is 9.90 Å². The molecule has 0 radical (unpaired) electrons. The van der Waals surface area contributed by atoms with Crippen LogP contribution in [0.3, 0.4) is 0 Å². The molecular weight excluding hydrogens is 569 g/mol. The van der Waals surface area contributed by atoms with E-state index in [0.717, 1.165) is 19.3 Å². The van der Waals surface area contributed by atoms with Gasteiger partial charge in [-0.3, -0.25) is 4.79 Å². The standard InChI is InChI=1S/C36H70O5Si2/c1-26(23-28(3)32-21-17-16-19-27(2)31(37)20-18-22-34(38)39-32)24-29(4)33(41-43(14,15)36(9,10)11)25-30(5)40-42(12,13)35(6,7)8/h16-17,24,27-33,37H,18-23,25H2,1-15H3/b17-16-,26-24+/t27-,28-,29+,30+,31-,32+,33+/m0/s1. The van der Waals surface area contributed by atoms with Crippen molar-refractivity contribution in [3.8, 4) is 0 Å². The predicted molar refractivity (Wildman–Crippen MR) is 188 cm³/mol. The van der Waals surface area contributed by atoms with Crippen molar-refractivity contribution in [3.63, 3.8) is 0 Å². The van der Waals surface area contributed by atoms with Crippen LogP contribution in [0, 0.1) is 17.8 Å². The predicted octanol–water partition coefficient (Wildman–Crippen LogP) is 10.2. The van der Waals surface area contributed by atoms with Crippen LogP contribution in [0.4, 0.5) is 0 Å². The van der Waals surface area contributed by atoms with Gasteiger partial charge in [0.25, 0.3) is 0 Å². The lowest BCUT2D eigenvalue weighted by molar-refractivity contribution is -0.151. The molecule has 1 rings (SSSR count). The Bertz CT molecular complexity index is 912. The molecular formula is C36H70O5Si2. The molecule has 1 aliphatic heterocycles. The first-order chi connectivity index (χ1) is 19.5. The first kappa shape index (κ1) is 40.3. The molecule has 0 unspecified atom stereocenters. The first-order valence-electron chi connectivity index (χ1n) is 17.0. The number of hydrogen-bond acceptors (Lipinski definition) is 5. The van der Waals surface area contributed by atoms with Gasteiger partial charge in [-0.25, -0.2) is 0 Å². The minimum atomic E-state index is -2.00. The molecule has 5 nitrogen and oxygen atoms in total. The molecule has 1 heterocycles. The van der Waals surface area contributed by atoms with Crippen LogP contribution in [0.2, 0.25) is 36.3 Å². The molecule has 0 aromatic heterocycles. The first-order valence-corrected chi connectivity index (χ1v) is 22.8. The highest BCUT2D eigenvalue weighted by molar-refractivity contribution is 6.74. The number of ether oxygens (including phenoxy) is 1. The largest absolute Gasteiger partial charge is 0.462 e. The average molecular weight is 639 g/mol. The Morgan fingerprint density at radius 3 is 2.09 bits per heavy atom. The van der Waals surface area contributed by atoms with Crippen molar-refractivity contribution >= 4 is 22.6 Å². The van der Waals surface area contributed by atoms with E-state index >= 15 is 0 Å². The number of carbonyl (C=O) groups is 1. The summed E-state index contributed by atoms with van der Waals surface area (Å²) in [5.41, 5.74) is 1.31. The monoisotopic (exact) mass is 638 g/mol. The van der Waals surface area contributed by atoms with Crippen molar-refractivity contribution in [2.75, 3.05) is 0 Å². The molecule has 1 N–H and O–H groups in total. The molecule has 0 fully saturated rings. The summed E-state index contributed by atoms with van der Waals surface area (Å²) < 4.78 is 19.9. The normalized spacial score (nSPS) is 26.0. The van der Waals surface area contributed by atoms with Gasteiger partial charge >= 0.3 is 5.97 Å². The van der Waals surface area contributed by atoms with E-state index in [2.05, 4.69) is 121 Å². The Morgan fingerprint density at radius 2 is 1.53 bits per heavy atom. The van der Waals surface area contributed by atoms with Crippen LogP contribution in [0.5, 0.6) is 0 Å². The van der Waals surface area contributed by atoms with Crippen molar-refractivity contribution < 1.29 is 23.5 Å². The second-order valence-corrected chi connectivity index (χ2v) is 26.3. The minimum absolute atomic E-state index is 0.0744. The van der Waals surface area contributed by atoms with Crippen LogP contribution in [0.25, 0.3) is 0 Å². The van der Waals surface area contributed by atoms with Crippen LogP contribution in [0.1, 0.15) is 121 Å². The molecule has 0 aromatic rings. The van der Waals surface area contributed by atoms with Gasteiger partial charge in [0, 0.05) is 18.9 Å². The molecule has 0 amide bonds. The third-order valence-corrected chi connectivity index (χ3v) is 19.5. The summed E-state index contributed by atoms with van der Waals surface area (Å²) in [4.78, 5) is 12.7. The summed E-state index contributed by atoms with van der Waals surface area (Å²) in [6.07, 6.45) is 11.3. The Morgan fingerprint density at radius 1 is 1.00 bits per heavy atom. The van der Waals surface area contributed by atoms with Crippen molar-refractivity contribution in [2.24, 2.45) is 17.8 Å². The van der Waals surface area contributed by atoms with E-state index < -0.39 is 16.6 Å². The number of allylic oxidation sites excluding steroid dienone is 2. The Kier molecular flexibility index (Phi) is 15.7. The molecule has 7 atom stereocenters. The van der Waals surface area contributed by atoms with E-state index in [0.29, 0.717) is 25.7 Å². The molecule has 0 saturated carbocycles. The quantitative estimate of drug-likeness (QED) is 0.139. The van der Waals surface area contributed by atoms with Gasteiger partial charge in [-0.2, -0.15) is 0 Å². The fourth-order valence-electron chi connectivity index (χ4n) is 5.31. The van der Waals surface area contributed by atoms with Crippen molar-refractivity contribution in [2.45, 2.75) is 182 Å². The van der Waals surface area contributed by atoms with Gasteiger partial charge in [-0.1, -0.05) is 86.1 Å². The average Bonchev–Trinajstić information content (AvgIpc) is 2.82. The highest BCUT2D eigenvalue weighted by Crippen LogP contribution is 2.41. The van der Waals surface area contributed by atoms with Gasteiger partial charge in [-0.05, 0) is 100.0 Å². The molecule has 1 aliphatic rings. The van der Waals surface area contributed by atoms with E-state index in [-0.39, 0.29) is 58.2 Å². The Labute approximate surface area is 268 Å². The van der Waals surface area contributed by atoms with Crippen LogP contribution < -0.4 is 0 Å². The number of hydrogen-bond donors (Lipinski definition) is 1. The van der Waals surface area contributed by atoms with Crippen molar-refractivity contribution in [1.29, 1.82) is 0 Å². The maximum Gasteiger partial charge on any atom is 0.306 e. The van der Waals surface area contributed by atoms with Crippen LogP contribution in [-0.4, -0.2) is 52.1 Å². The number of aliphatic hydroxyl groups excluding tert-OH is 1. The van der Waals surface area contributed by atoms with Crippen molar-refractivity contribution in [1.82, 2.24) is 0 Å². The minimum Gasteiger partial charge on any atom is -0.462 e. The third kappa shape index (κ3) is 13.7. The summed E-state index contributed by atoms with van der Waals surface area (Å²) in [6.45, 7) is 34.2. The maximum absolute atomic E-state index is 12.7. The lowest BCUT2D eigenvalue weighted by atomic mass is 9.90. The van der Waals surface area contributed by atoms with Gasteiger partial charge in [-0.15, -0.1) is 0 Å². The number of carbonyl (C=O) groups excluding carboxylic acids is 1. The highest BCUT2D eigenvalue weighted by Gasteiger charge is 2.42. The SMILES string of the molecule is C/C(=C\[C@@H](C)[C@@H](C[C@@H](C)O[Si](C)(C)C(C)(C)C)O[Si](C)(C)C(C)(C)C)C[C@H](C)[C@H]1C/C=C\C[C@H](C)[C@@H](O)CCCC(=O)O1.